The summed E-state index contributed by atoms with van der Waals surface area (Å²) in [6.07, 6.45) is 5.89. The molecule has 3 rings (SSSR count). The van der Waals surface area contributed by atoms with E-state index in [1.807, 2.05) is 6.07 Å². The van der Waals surface area contributed by atoms with E-state index < -0.39 is 0 Å². The first kappa shape index (κ1) is 16.3. The Morgan fingerprint density at radius 1 is 1.35 bits per heavy atom. The van der Waals surface area contributed by atoms with Crippen molar-refractivity contribution in [2.75, 3.05) is 33.3 Å². The fraction of sp³-hybridized carbons (Fsp3) is 0.579. The van der Waals surface area contributed by atoms with E-state index >= 15 is 0 Å². The number of nitrogens with one attached hydrogen (secondary N) is 1. The van der Waals surface area contributed by atoms with Crippen molar-refractivity contribution in [3.05, 3.63) is 30.0 Å². The van der Waals surface area contributed by atoms with Crippen LogP contribution < -0.4 is 10.5 Å². The monoisotopic (exact) mass is 315 g/mol. The highest BCUT2D eigenvalue weighted by Crippen LogP contribution is 2.36. The van der Waals surface area contributed by atoms with Gasteiger partial charge in [-0.15, -0.1) is 0 Å². The Balaban J connectivity index is 1.81. The van der Waals surface area contributed by atoms with Crippen molar-refractivity contribution in [1.82, 2.24) is 9.88 Å². The highest BCUT2D eigenvalue weighted by atomic mass is 16.5. The Labute approximate surface area is 139 Å². The van der Waals surface area contributed by atoms with Gasteiger partial charge in [0.2, 0.25) is 0 Å². The summed E-state index contributed by atoms with van der Waals surface area (Å²) in [6, 6.07) is 6.23. The molecule has 23 heavy (non-hydrogen) atoms. The third-order valence-corrected chi connectivity index (χ3v) is 5.32. The van der Waals surface area contributed by atoms with Gasteiger partial charge >= 0.3 is 0 Å². The summed E-state index contributed by atoms with van der Waals surface area (Å²) in [4.78, 5) is 5.99. The number of piperidine rings is 1. The molecule has 4 heteroatoms. The van der Waals surface area contributed by atoms with Crippen molar-refractivity contribution in [3.8, 4) is 5.75 Å². The number of rotatable bonds is 6. The van der Waals surface area contributed by atoms with Gasteiger partial charge in [0.15, 0.2) is 0 Å². The molecule has 2 aromatic rings. The van der Waals surface area contributed by atoms with Gasteiger partial charge < -0.3 is 20.4 Å². The van der Waals surface area contributed by atoms with Gasteiger partial charge in [-0.05, 0) is 75.1 Å². The Hall–Kier alpha value is -1.52. The van der Waals surface area contributed by atoms with Crippen LogP contribution in [0.3, 0.4) is 0 Å². The van der Waals surface area contributed by atoms with Crippen LogP contribution in [0.2, 0.25) is 0 Å². The Morgan fingerprint density at radius 3 is 2.78 bits per heavy atom. The largest absolute Gasteiger partial charge is 0.497 e. The van der Waals surface area contributed by atoms with Crippen LogP contribution >= 0.6 is 0 Å². The molecule has 1 fully saturated rings. The second-order valence-corrected chi connectivity index (χ2v) is 6.68. The molecule has 3 N–H and O–H groups in total. The first-order chi connectivity index (χ1) is 11.3. The second-order valence-electron chi connectivity index (χ2n) is 6.68. The van der Waals surface area contributed by atoms with Crippen LogP contribution in [0.25, 0.3) is 10.9 Å². The molecular formula is C19H29N3O. The lowest BCUT2D eigenvalue weighted by atomic mass is 9.80. The Kier molecular flexibility index (Phi) is 5.23. The van der Waals surface area contributed by atoms with Crippen LogP contribution in [0.5, 0.6) is 5.75 Å². The van der Waals surface area contributed by atoms with E-state index in [-0.39, 0.29) is 0 Å². The van der Waals surface area contributed by atoms with Crippen molar-refractivity contribution in [2.45, 2.75) is 32.1 Å². The summed E-state index contributed by atoms with van der Waals surface area (Å²) in [5, 5.41) is 1.26. The molecule has 0 aliphatic carbocycles. The van der Waals surface area contributed by atoms with E-state index in [0.717, 1.165) is 5.75 Å². The molecule has 0 radical (unpaired) electrons. The maximum Gasteiger partial charge on any atom is 0.119 e. The van der Waals surface area contributed by atoms with Crippen molar-refractivity contribution in [1.29, 1.82) is 0 Å². The molecule has 2 heterocycles. The lowest BCUT2D eigenvalue weighted by molar-refractivity contribution is 0.170. The van der Waals surface area contributed by atoms with Crippen LogP contribution in [0.4, 0.5) is 0 Å². The van der Waals surface area contributed by atoms with Gasteiger partial charge in [-0.1, -0.05) is 6.92 Å². The smallest absolute Gasteiger partial charge is 0.119 e. The summed E-state index contributed by atoms with van der Waals surface area (Å²) in [5.74, 6) is 2.02. The number of nitrogens with zero attached hydrogens (tertiary/aromatic N) is 1. The van der Waals surface area contributed by atoms with Crippen LogP contribution in [0.15, 0.2) is 24.4 Å². The highest BCUT2D eigenvalue weighted by Gasteiger charge is 2.28. The molecule has 0 saturated carbocycles. The van der Waals surface area contributed by atoms with E-state index in [9.17, 15) is 0 Å². The standard InChI is InChI=1S/C19H29N3O/c1-3-8-22-9-6-14(7-10-22)17(12-20)18-13-21-19-5-4-15(23-2)11-16(18)19/h4-5,11,13-14,17,21H,3,6-10,12,20H2,1-2H3. The third kappa shape index (κ3) is 3.38. The number of benzene rings is 1. The van der Waals surface area contributed by atoms with E-state index in [0.29, 0.717) is 18.4 Å². The molecule has 1 atom stereocenters. The SMILES string of the molecule is CCCN1CCC(C(CN)c2c[nH]c3ccc(OC)cc23)CC1. The van der Waals surface area contributed by atoms with Crippen LogP contribution in [-0.2, 0) is 0 Å². The number of hydrogen-bond acceptors (Lipinski definition) is 3. The van der Waals surface area contributed by atoms with Gasteiger partial charge in [0.05, 0.1) is 7.11 Å². The van der Waals surface area contributed by atoms with Gasteiger partial charge in [-0.25, -0.2) is 0 Å². The molecule has 1 unspecified atom stereocenters. The molecular weight excluding hydrogens is 286 g/mol. The molecule has 1 aromatic heterocycles. The second kappa shape index (κ2) is 7.37. The van der Waals surface area contributed by atoms with Crippen molar-refractivity contribution >= 4 is 10.9 Å². The average Bonchev–Trinajstić information content (AvgIpc) is 3.00. The summed E-state index contributed by atoms with van der Waals surface area (Å²) in [5.41, 5.74) is 8.72. The number of aromatic amines is 1. The number of hydrogen-bond donors (Lipinski definition) is 2. The zero-order valence-corrected chi connectivity index (χ0v) is 14.3. The summed E-state index contributed by atoms with van der Waals surface area (Å²) < 4.78 is 5.39. The average molecular weight is 315 g/mol. The minimum atomic E-state index is 0.430. The van der Waals surface area contributed by atoms with Gasteiger partial charge in [-0.2, -0.15) is 0 Å². The number of methoxy groups -OCH3 is 1. The molecule has 4 nitrogen and oxygen atoms in total. The number of likely N-dealkylation sites (tertiary alicyclic amines) is 1. The van der Waals surface area contributed by atoms with Gasteiger partial charge in [0.25, 0.3) is 0 Å². The molecule has 1 aliphatic rings. The fourth-order valence-corrected chi connectivity index (χ4v) is 4.02. The molecule has 1 aromatic carbocycles. The predicted molar refractivity (Wildman–Crippen MR) is 96.1 cm³/mol. The summed E-state index contributed by atoms with van der Waals surface area (Å²) in [7, 11) is 1.72. The maximum atomic E-state index is 6.19. The zero-order valence-electron chi connectivity index (χ0n) is 14.3. The minimum absolute atomic E-state index is 0.430. The van der Waals surface area contributed by atoms with Crippen LogP contribution in [0.1, 0.15) is 37.7 Å². The van der Waals surface area contributed by atoms with Gasteiger partial charge in [0, 0.05) is 23.0 Å². The van der Waals surface area contributed by atoms with Crippen molar-refractivity contribution in [3.63, 3.8) is 0 Å². The first-order valence-corrected chi connectivity index (χ1v) is 8.84. The van der Waals surface area contributed by atoms with Crippen molar-refractivity contribution in [2.24, 2.45) is 11.7 Å². The maximum absolute atomic E-state index is 6.19. The minimum Gasteiger partial charge on any atom is -0.497 e. The normalized spacial score (nSPS) is 18.4. The van der Waals surface area contributed by atoms with Gasteiger partial charge in [-0.3, -0.25) is 0 Å². The fourth-order valence-electron chi connectivity index (χ4n) is 4.02. The molecule has 0 bridgehead atoms. The highest BCUT2D eigenvalue weighted by molar-refractivity contribution is 5.85. The van der Waals surface area contributed by atoms with Crippen LogP contribution in [0, 0.1) is 5.92 Å². The molecule has 1 aliphatic heterocycles. The predicted octanol–water partition coefficient (Wildman–Crippen LogP) is 3.34. The number of H-pyrrole nitrogens is 1. The number of ether oxygens (including phenoxy) is 1. The molecule has 126 valence electrons. The number of fused-ring (bicyclic) bond motifs is 1. The lowest BCUT2D eigenvalue weighted by Gasteiger charge is -2.35. The third-order valence-electron chi connectivity index (χ3n) is 5.32. The molecule has 1 saturated heterocycles. The van der Waals surface area contributed by atoms with Crippen LogP contribution in [-0.4, -0.2) is 43.2 Å². The molecule has 0 spiro atoms. The zero-order chi connectivity index (χ0) is 16.2. The Morgan fingerprint density at radius 2 is 2.13 bits per heavy atom. The van der Waals surface area contributed by atoms with E-state index in [1.165, 1.54) is 55.4 Å². The van der Waals surface area contributed by atoms with Gasteiger partial charge in [0.1, 0.15) is 5.75 Å². The molecule has 0 amide bonds. The van der Waals surface area contributed by atoms with E-state index in [4.69, 9.17) is 10.5 Å². The lowest BCUT2D eigenvalue weighted by Crippen LogP contribution is -2.37. The Bertz CT molecular complexity index is 629. The number of aromatic nitrogens is 1. The van der Waals surface area contributed by atoms with E-state index in [1.54, 1.807) is 7.11 Å². The quantitative estimate of drug-likeness (QED) is 0.859. The first-order valence-electron chi connectivity index (χ1n) is 8.84. The van der Waals surface area contributed by atoms with Crippen molar-refractivity contribution < 1.29 is 4.74 Å². The number of nitrogens with two attached hydrogens (primary N) is 1. The van der Waals surface area contributed by atoms with E-state index in [2.05, 4.69) is 35.1 Å². The summed E-state index contributed by atoms with van der Waals surface area (Å²) in [6.45, 7) is 6.61. The topological polar surface area (TPSA) is 54.3 Å². The summed E-state index contributed by atoms with van der Waals surface area (Å²) >= 11 is 0.